The number of hydrogen-bond donors (Lipinski definition) is 1. The molecule has 0 amide bonds. The van der Waals surface area contributed by atoms with Gasteiger partial charge in [0.2, 0.25) is 5.95 Å². The van der Waals surface area contributed by atoms with E-state index in [9.17, 15) is 0 Å². The summed E-state index contributed by atoms with van der Waals surface area (Å²) in [6.07, 6.45) is 4.54. The average Bonchev–Trinajstić information content (AvgIpc) is 3.26. The molecular weight excluding hydrogens is 426 g/mol. The summed E-state index contributed by atoms with van der Waals surface area (Å²) >= 11 is 0. The van der Waals surface area contributed by atoms with E-state index in [2.05, 4.69) is 75.2 Å². The molecule has 8 nitrogen and oxygen atoms in total. The molecule has 1 saturated heterocycles. The van der Waals surface area contributed by atoms with Gasteiger partial charge in [-0.1, -0.05) is 59.7 Å². The van der Waals surface area contributed by atoms with Gasteiger partial charge in [0.15, 0.2) is 17.0 Å². The summed E-state index contributed by atoms with van der Waals surface area (Å²) < 4.78 is 7.61. The van der Waals surface area contributed by atoms with Crippen LogP contribution < -0.4 is 10.3 Å². The first-order chi connectivity index (χ1) is 16.7. The van der Waals surface area contributed by atoms with Crippen molar-refractivity contribution in [3.8, 4) is 0 Å². The van der Waals surface area contributed by atoms with Crippen molar-refractivity contribution < 1.29 is 4.74 Å². The fraction of sp³-hybridized carbons (Fsp3) is 0.308. The second kappa shape index (κ2) is 10.0. The highest BCUT2D eigenvalue weighted by atomic mass is 16.5. The van der Waals surface area contributed by atoms with Crippen LogP contribution in [0, 0.1) is 13.8 Å². The van der Waals surface area contributed by atoms with Crippen molar-refractivity contribution in [3.63, 3.8) is 0 Å². The third-order valence-corrected chi connectivity index (χ3v) is 5.90. The maximum Gasteiger partial charge on any atom is 0.229 e. The summed E-state index contributed by atoms with van der Waals surface area (Å²) in [6, 6.07) is 16.8. The molecule has 34 heavy (non-hydrogen) atoms. The minimum absolute atomic E-state index is 0.602. The van der Waals surface area contributed by atoms with Crippen LogP contribution in [-0.2, 0) is 17.7 Å². The normalized spacial score (nSPS) is 14.2. The van der Waals surface area contributed by atoms with E-state index in [-0.39, 0.29) is 0 Å². The maximum atomic E-state index is 5.51. The molecule has 2 aromatic carbocycles. The summed E-state index contributed by atoms with van der Waals surface area (Å²) in [5.41, 5.74) is 9.40. The fourth-order valence-corrected chi connectivity index (χ4v) is 4.11. The van der Waals surface area contributed by atoms with Crippen LogP contribution in [0.1, 0.15) is 22.3 Å². The van der Waals surface area contributed by atoms with Gasteiger partial charge in [0.25, 0.3) is 0 Å². The summed E-state index contributed by atoms with van der Waals surface area (Å²) in [4.78, 5) is 16.5. The number of ether oxygens (including phenoxy) is 1. The maximum absolute atomic E-state index is 5.51. The van der Waals surface area contributed by atoms with Gasteiger partial charge in [-0.2, -0.15) is 15.1 Å². The fourth-order valence-electron chi connectivity index (χ4n) is 4.11. The first kappa shape index (κ1) is 22.0. The molecule has 2 aromatic heterocycles. The molecule has 0 unspecified atom stereocenters. The molecule has 174 valence electrons. The zero-order valence-electron chi connectivity index (χ0n) is 19.6. The van der Waals surface area contributed by atoms with E-state index >= 15 is 0 Å². The lowest BCUT2D eigenvalue weighted by molar-refractivity contribution is 0.122. The molecule has 1 fully saturated rings. The predicted octanol–water partition coefficient (Wildman–Crippen LogP) is 3.97. The van der Waals surface area contributed by atoms with Crippen molar-refractivity contribution >= 4 is 29.1 Å². The van der Waals surface area contributed by atoms with Crippen LogP contribution in [-0.4, -0.2) is 52.0 Å². The van der Waals surface area contributed by atoms with Gasteiger partial charge < -0.3 is 14.2 Å². The highest BCUT2D eigenvalue weighted by Gasteiger charge is 2.19. The average molecular weight is 456 g/mol. The lowest BCUT2D eigenvalue weighted by Crippen LogP contribution is -2.37. The second-order valence-electron chi connectivity index (χ2n) is 8.61. The van der Waals surface area contributed by atoms with E-state index in [4.69, 9.17) is 14.7 Å². The quantitative estimate of drug-likeness (QED) is 0.336. The van der Waals surface area contributed by atoms with E-state index in [0.717, 1.165) is 37.3 Å². The number of nitrogens with one attached hydrogen (secondary N) is 1. The van der Waals surface area contributed by atoms with Gasteiger partial charge >= 0.3 is 0 Å². The molecule has 1 aliphatic heterocycles. The Morgan fingerprint density at radius 2 is 1.82 bits per heavy atom. The van der Waals surface area contributed by atoms with E-state index in [1.54, 1.807) is 6.21 Å². The number of benzene rings is 2. The number of aromatic nitrogens is 4. The zero-order chi connectivity index (χ0) is 23.3. The van der Waals surface area contributed by atoms with Crippen LogP contribution in [0.4, 0.5) is 11.8 Å². The van der Waals surface area contributed by atoms with Crippen molar-refractivity contribution in [1.82, 2.24) is 19.5 Å². The molecule has 0 radical (unpaired) electrons. The zero-order valence-corrected chi connectivity index (χ0v) is 19.6. The van der Waals surface area contributed by atoms with Crippen molar-refractivity contribution in [1.29, 1.82) is 0 Å². The second-order valence-corrected chi connectivity index (χ2v) is 8.61. The van der Waals surface area contributed by atoms with E-state index in [1.807, 2.05) is 18.5 Å². The van der Waals surface area contributed by atoms with E-state index in [0.29, 0.717) is 30.5 Å². The number of hydrogen-bond acceptors (Lipinski definition) is 7. The van der Waals surface area contributed by atoms with Crippen LogP contribution in [0.3, 0.4) is 0 Å². The van der Waals surface area contributed by atoms with Gasteiger partial charge in [-0.05, 0) is 31.4 Å². The molecule has 5 rings (SSSR count). The molecule has 4 aromatic rings. The van der Waals surface area contributed by atoms with Gasteiger partial charge in [0.05, 0.1) is 25.8 Å². The SMILES string of the molecule is Cc1cccc(C=NNc2nc(N3CCOCC3)nc3c2ncn3CCc2cccc(C)c2)c1. The van der Waals surface area contributed by atoms with Gasteiger partial charge in [-0.3, -0.25) is 5.43 Å². The lowest BCUT2D eigenvalue weighted by atomic mass is 10.1. The van der Waals surface area contributed by atoms with Crippen LogP contribution >= 0.6 is 0 Å². The summed E-state index contributed by atoms with van der Waals surface area (Å²) in [5, 5.41) is 4.44. The third-order valence-electron chi connectivity index (χ3n) is 5.90. The van der Waals surface area contributed by atoms with Crippen LogP contribution in [0.25, 0.3) is 11.2 Å². The van der Waals surface area contributed by atoms with Gasteiger partial charge in [-0.25, -0.2) is 4.98 Å². The first-order valence-corrected chi connectivity index (χ1v) is 11.6. The molecule has 8 heteroatoms. The van der Waals surface area contributed by atoms with Crippen molar-refractivity contribution in [3.05, 3.63) is 77.1 Å². The lowest BCUT2D eigenvalue weighted by Gasteiger charge is -2.27. The standard InChI is InChI=1S/C26H29N7O/c1-19-5-3-7-21(15-19)9-10-33-18-27-23-24(31-28-17-22-8-4-6-20(2)16-22)29-26(30-25(23)33)32-11-13-34-14-12-32/h3-8,15-18H,9-14H2,1-2H3,(H,29,30,31). The molecule has 0 spiro atoms. The molecule has 1 N–H and O–H groups in total. The molecule has 0 bridgehead atoms. The Morgan fingerprint density at radius 3 is 2.62 bits per heavy atom. The monoisotopic (exact) mass is 455 g/mol. The Kier molecular flexibility index (Phi) is 6.49. The van der Waals surface area contributed by atoms with Gasteiger partial charge in [0.1, 0.15) is 0 Å². The Labute approximate surface area is 199 Å². The summed E-state index contributed by atoms with van der Waals surface area (Å²) in [6.45, 7) is 7.82. The van der Waals surface area contributed by atoms with Crippen molar-refractivity contribution in [2.24, 2.45) is 5.10 Å². The number of aryl methyl sites for hydroxylation is 4. The highest BCUT2D eigenvalue weighted by molar-refractivity contribution is 5.86. The number of anilines is 2. The number of hydrazone groups is 1. The Hall–Kier alpha value is -3.78. The number of nitrogens with zero attached hydrogens (tertiary/aromatic N) is 6. The van der Waals surface area contributed by atoms with Crippen LogP contribution in [0.15, 0.2) is 60.0 Å². The summed E-state index contributed by atoms with van der Waals surface area (Å²) in [7, 11) is 0. The Balaban J connectivity index is 1.44. The Morgan fingerprint density at radius 1 is 1.03 bits per heavy atom. The molecular formula is C26H29N7O. The first-order valence-electron chi connectivity index (χ1n) is 11.6. The molecule has 3 heterocycles. The number of morpholine rings is 1. The third kappa shape index (κ3) is 5.07. The number of fused-ring (bicyclic) bond motifs is 1. The molecule has 0 atom stereocenters. The topological polar surface area (TPSA) is 80.5 Å². The summed E-state index contributed by atoms with van der Waals surface area (Å²) in [5.74, 6) is 1.27. The minimum atomic E-state index is 0.602. The van der Waals surface area contributed by atoms with Crippen LogP contribution in [0.2, 0.25) is 0 Å². The molecule has 1 aliphatic rings. The van der Waals surface area contributed by atoms with Crippen molar-refractivity contribution in [2.75, 3.05) is 36.6 Å². The molecule has 0 aliphatic carbocycles. The highest BCUT2D eigenvalue weighted by Crippen LogP contribution is 2.24. The van der Waals surface area contributed by atoms with Gasteiger partial charge in [-0.15, -0.1) is 0 Å². The molecule has 0 saturated carbocycles. The minimum Gasteiger partial charge on any atom is -0.378 e. The smallest absolute Gasteiger partial charge is 0.229 e. The van der Waals surface area contributed by atoms with Crippen LogP contribution in [0.5, 0.6) is 0 Å². The van der Waals surface area contributed by atoms with Crippen molar-refractivity contribution in [2.45, 2.75) is 26.8 Å². The Bertz CT molecular complexity index is 1310. The number of imidazole rings is 1. The van der Waals surface area contributed by atoms with E-state index in [1.165, 1.54) is 16.7 Å². The van der Waals surface area contributed by atoms with E-state index < -0.39 is 0 Å². The number of rotatable bonds is 7. The van der Waals surface area contributed by atoms with Gasteiger partial charge in [0, 0.05) is 19.6 Å². The largest absolute Gasteiger partial charge is 0.378 e. The predicted molar refractivity (Wildman–Crippen MR) is 136 cm³/mol.